The topological polar surface area (TPSA) is 91.5 Å². The third-order valence-electron chi connectivity index (χ3n) is 4.25. The molecule has 134 valence electrons. The Morgan fingerprint density at radius 1 is 1.40 bits per heavy atom. The fourth-order valence-corrected chi connectivity index (χ4v) is 2.79. The predicted molar refractivity (Wildman–Crippen MR) is 88.2 cm³/mol. The number of aryl methyl sites for hydroxylation is 1. The van der Waals surface area contributed by atoms with Crippen LogP contribution in [0.2, 0.25) is 0 Å². The Bertz CT molecular complexity index is 704. The molecule has 1 atom stereocenters. The van der Waals surface area contributed by atoms with Gasteiger partial charge in [0.1, 0.15) is 5.82 Å². The van der Waals surface area contributed by atoms with E-state index in [1.54, 1.807) is 17.0 Å². The maximum absolute atomic E-state index is 12.9. The van der Waals surface area contributed by atoms with Crippen molar-refractivity contribution in [1.82, 2.24) is 20.4 Å². The summed E-state index contributed by atoms with van der Waals surface area (Å²) >= 11 is 0. The highest BCUT2D eigenvalue weighted by Crippen LogP contribution is 2.17. The molecule has 2 amide bonds. The summed E-state index contributed by atoms with van der Waals surface area (Å²) in [6.07, 6.45) is 2.07. The Hall–Kier alpha value is -2.48. The summed E-state index contributed by atoms with van der Waals surface area (Å²) in [4.78, 5) is 18.0. The van der Waals surface area contributed by atoms with Gasteiger partial charge in [-0.25, -0.2) is 9.18 Å². The molecule has 1 aromatic heterocycles. The third kappa shape index (κ3) is 4.54. The minimum atomic E-state index is -0.313. The SMILES string of the molecule is O=C(NCCCc1nc(-c2ccc(F)cc2)no1)N1CC[C@@H](CO)C1. The Morgan fingerprint density at radius 3 is 2.92 bits per heavy atom. The fraction of sp³-hybridized carbons (Fsp3) is 0.471. The number of nitrogens with one attached hydrogen (secondary N) is 1. The molecule has 1 saturated heterocycles. The number of aliphatic hydroxyl groups is 1. The average molecular weight is 348 g/mol. The second-order valence-electron chi connectivity index (χ2n) is 6.14. The van der Waals surface area contributed by atoms with E-state index in [1.165, 1.54) is 12.1 Å². The number of hydrogen-bond acceptors (Lipinski definition) is 5. The first kappa shape index (κ1) is 17.3. The molecule has 1 fully saturated rings. The fourth-order valence-electron chi connectivity index (χ4n) is 2.79. The van der Waals surface area contributed by atoms with Crippen LogP contribution >= 0.6 is 0 Å². The van der Waals surface area contributed by atoms with E-state index >= 15 is 0 Å². The number of hydrogen-bond donors (Lipinski definition) is 2. The van der Waals surface area contributed by atoms with Crippen LogP contribution in [0.5, 0.6) is 0 Å². The van der Waals surface area contributed by atoms with Gasteiger partial charge in [-0.2, -0.15) is 4.98 Å². The van der Waals surface area contributed by atoms with Crippen molar-refractivity contribution < 1.29 is 18.8 Å². The molecule has 0 saturated carbocycles. The summed E-state index contributed by atoms with van der Waals surface area (Å²) in [6, 6.07) is 5.79. The predicted octanol–water partition coefficient (Wildman–Crippen LogP) is 1.83. The molecule has 0 aliphatic carbocycles. The summed E-state index contributed by atoms with van der Waals surface area (Å²) in [7, 11) is 0. The standard InChI is InChI=1S/C17H21FN4O3/c18-14-5-3-13(4-6-14)16-20-15(25-21-16)2-1-8-19-17(24)22-9-7-12(10-22)11-23/h3-6,12,23H,1-2,7-11H2,(H,19,24)/t12-/m1/s1. The van der Waals surface area contributed by atoms with Gasteiger partial charge in [0.15, 0.2) is 0 Å². The van der Waals surface area contributed by atoms with Crippen LogP contribution in [0.1, 0.15) is 18.7 Å². The number of halogens is 1. The molecule has 3 rings (SSSR count). The second-order valence-corrected chi connectivity index (χ2v) is 6.14. The highest BCUT2D eigenvalue weighted by atomic mass is 19.1. The van der Waals surface area contributed by atoms with E-state index in [9.17, 15) is 9.18 Å². The minimum Gasteiger partial charge on any atom is -0.396 e. The molecule has 1 aromatic carbocycles. The van der Waals surface area contributed by atoms with E-state index in [1.807, 2.05) is 0 Å². The number of aliphatic hydroxyl groups excluding tert-OH is 1. The molecule has 25 heavy (non-hydrogen) atoms. The van der Waals surface area contributed by atoms with Crippen molar-refractivity contribution in [3.05, 3.63) is 36.0 Å². The van der Waals surface area contributed by atoms with Crippen LogP contribution in [0.25, 0.3) is 11.4 Å². The van der Waals surface area contributed by atoms with Gasteiger partial charge in [0, 0.05) is 44.1 Å². The summed E-state index contributed by atoms with van der Waals surface area (Å²) in [5.41, 5.74) is 0.692. The highest BCUT2D eigenvalue weighted by Gasteiger charge is 2.25. The molecular formula is C17H21FN4O3. The average Bonchev–Trinajstić information content (AvgIpc) is 3.28. The number of urea groups is 1. The Morgan fingerprint density at radius 2 is 2.20 bits per heavy atom. The van der Waals surface area contributed by atoms with Crippen LogP contribution in [-0.2, 0) is 6.42 Å². The molecule has 1 aliphatic heterocycles. The number of nitrogens with zero attached hydrogens (tertiary/aromatic N) is 3. The van der Waals surface area contributed by atoms with Gasteiger partial charge in [0.25, 0.3) is 0 Å². The summed E-state index contributed by atoms with van der Waals surface area (Å²) in [6.45, 7) is 1.92. The first-order chi connectivity index (χ1) is 12.2. The Balaban J connectivity index is 1.41. The van der Waals surface area contributed by atoms with Gasteiger partial charge < -0.3 is 19.8 Å². The van der Waals surface area contributed by atoms with Gasteiger partial charge >= 0.3 is 6.03 Å². The van der Waals surface area contributed by atoms with Crippen LogP contribution < -0.4 is 5.32 Å². The van der Waals surface area contributed by atoms with Crippen molar-refractivity contribution in [2.24, 2.45) is 5.92 Å². The van der Waals surface area contributed by atoms with Crippen LogP contribution in [0, 0.1) is 11.7 Å². The lowest BCUT2D eigenvalue weighted by molar-refractivity contribution is 0.198. The maximum atomic E-state index is 12.9. The Kier molecular flexibility index (Phi) is 5.60. The van der Waals surface area contributed by atoms with E-state index < -0.39 is 0 Å². The molecule has 8 heteroatoms. The Labute approximate surface area is 144 Å². The minimum absolute atomic E-state index is 0.103. The van der Waals surface area contributed by atoms with Crippen molar-refractivity contribution in [1.29, 1.82) is 0 Å². The number of carbonyl (C=O) groups is 1. The molecule has 2 N–H and O–H groups in total. The zero-order valence-corrected chi connectivity index (χ0v) is 13.8. The number of aromatic nitrogens is 2. The van der Waals surface area contributed by atoms with Crippen molar-refractivity contribution >= 4 is 6.03 Å². The number of rotatable bonds is 6. The number of amides is 2. The molecule has 0 unspecified atom stereocenters. The lowest BCUT2D eigenvalue weighted by Crippen LogP contribution is -2.39. The molecule has 2 heterocycles. The summed E-state index contributed by atoms with van der Waals surface area (Å²) in [5.74, 6) is 0.779. The molecule has 2 aromatic rings. The quantitative estimate of drug-likeness (QED) is 0.777. The molecule has 0 spiro atoms. The van der Waals surface area contributed by atoms with E-state index in [4.69, 9.17) is 9.63 Å². The van der Waals surface area contributed by atoms with Crippen molar-refractivity contribution in [3.8, 4) is 11.4 Å². The van der Waals surface area contributed by atoms with Crippen molar-refractivity contribution in [2.45, 2.75) is 19.3 Å². The molecule has 0 bridgehead atoms. The van der Waals surface area contributed by atoms with Gasteiger partial charge in [-0.15, -0.1) is 0 Å². The van der Waals surface area contributed by atoms with Gasteiger partial charge in [-0.3, -0.25) is 0 Å². The van der Waals surface area contributed by atoms with Gasteiger partial charge in [0.05, 0.1) is 0 Å². The zero-order valence-electron chi connectivity index (χ0n) is 13.8. The molecule has 1 aliphatic rings. The normalized spacial score (nSPS) is 17.0. The van der Waals surface area contributed by atoms with Crippen LogP contribution in [-0.4, -0.2) is 52.4 Å². The van der Waals surface area contributed by atoms with Crippen molar-refractivity contribution in [3.63, 3.8) is 0 Å². The zero-order chi connectivity index (χ0) is 17.6. The summed E-state index contributed by atoms with van der Waals surface area (Å²) < 4.78 is 18.1. The monoisotopic (exact) mass is 348 g/mol. The molecule has 0 radical (unpaired) electrons. The first-order valence-corrected chi connectivity index (χ1v) is 8.38. The highest BCUT2D eigenvalue weighted by molar-refractivity contribution is 5.74. The number of likely N-dealkylation sites (tertiary alicyclic amines) is 1. The smallest absolute Gasteiger partial charge is 0.317 e. The largest absolute Gasteiger partial charge is 0.396 e. The molecular weight excluding hydrogens is 327 g/mol. The van der Waals surface area contributed by atoms with Gasteiger partial charge in [-0.05, 0) is 37.1 Å². The third-order valence-corrected chi connectivity index (χ3v) is 4.25. The lowest BCUT2D eigenvalue weighted by Gasteiger charge is -2.16. The lowest BCUT2D eigenvalue weighted by atomic mass is 10.1. The molecule has 7 nitrogen and oxygen atoms in total. The van der Waals surface area contributed by atoms with Gasteiger partial charge in [-0.1, -0.05) is 5.16 Å². The van der Waals surface area contributed by atoms with Gasteiger partial charge in [0.2, 0.25) is 11.7 Å². The number of carbonyl (C=O) groups excluding carboxylic acids is 1. The second kappa shape index (κ2) is 8.06. The first-order valence-electron chi connectivity index (χ1n) is 8.38. The summed E-state index contributed by atoms with van der Waals surface area (Å²) in [5, 5.41) is 15.8. The number of benzene rings is 1. The van der Waals surface area contributed by atoms with E-state index in [-0.39, 0.29) is 24.4 Å². The van der Waals surface area contributed by atoms with E-state index in [2.05, 4.69) is 15.5 Å². The van der Waals surface area contributed by atoms with Crippen LogP contribution in [0.3, 0.4) is 0 Å². The van der Waals surface area contributed by atoms with Crippen LogP contribution in [0.4, 0.5) is 9.18 Å². The van der Waals surface area contributed by atoms with E-state index in [0.29, 0.717) is 49.8 Å². The van der Waals surface area contributed by atoms with Crippen LogP contribution in [0.15, 0.2) is 28.8 Å². The van der Waals surface area contributed by atoms with E-state index in [0.717, 1.165) is 6.42 Å². The maximum Gasteiger partial charge on any atom is 0.317 e. The van der Waals surface area contributed by atoms with Crippen molar-refractivity contribution in [2.75, 3.05) is 26.2 Å².